The van der Waals surface area contributed by atoms with E-state index in [-0.39, 0.29) is 17.8 Å². The molecule has 3 rings (SSSR count). The number of aryl methyl sites for hydroxylation is 1. The van der Waals surface area contributed by atoms with Gasteiger partial charge in [-0.25, -0.2) is 9.78 Å². The summed E-state index contributed by atoms with van der Waals surface area (Å²) < 4.78 is 0. The van der Waals surface area contributed by atoms with E-state index in [1.54, 1.807) is 18.2 Å². The van der Waals surface area contributed by atoms with E-state index in [0.29, 0.717) is 18.7 Å². The predicted octanol–water partition coefficient (Wildman–Crippen LogP) is 3.01. The molecule has 0 aliphatic rings. The molecule has 0 amide bonds. The zero-order valence-corrected chi connectivity index (χ0v) is 12.5. The highest BCUT2D eigenvalue weighted by Crippen LogP contribution is 2.12. The van der Waals surface area contributed by atoms with Gasteiger partial charge in [0.05, 0.1) is 23.0 Å². The maximum absolute atomic E-state index is 12.1. The molecule has 0 unspecified atom stereocenters. The van der Waals surface area contributed by atoms with Gasteiger partial charge in [-0.15, -0.1) is 0 Å². The zero-order valence-electron chi connectivity index (χ0n) is 12.5. The Kier molecular flexibility index (Phi) is 4.19. The summed E-state index contributed by atoms with van der Waals surface area (Å²) in [6.45, 7) is 0. The van der Waals surface area contributed by atoms with Crippen LogP contribution < -0.4 is 0 Å². The van der Waals surface area contributed by atoms with Crippen LogP contribution in [0.2, 0.25) is 0 Å². The van der Waals surface area contributed by atoms with Crippen LogP contribution in [0.3, 0.4) is 0 Å². The largest absolute Gasteiger partial charge is 0.478 e. The van der Waals surface area contributed by atoms with E-state index in [9.17, 15) is 9.59 Å². The molecule has 1 heterocycles. The third-order valence-electron chi connectivity index (χ3n) is 3.67. The van der Waals surface area contributed by atoms with Crippen LogP contribution in [0, 0.1) is 0 Å². The van der Waals surface area contributed by atoms with E-state index in [1.165, 1.54) is 0 Å². The molecule has 1 aromatic heterocycles. The molecule has 0 bridgehead atoms. The first-order valence-corrected chi connectivity index (χ1v) is 7.39. The van der Waals surface area contributed by atoms with Crippen molar-refractivity contribution in [1.82, 2.24) is 9.97 Å². The third-order valence-corrected chi connectivity index (χ3v) is 3.67. The Bertz CT molecular complexity index is 834. The molecule has 0 atom stereocenters. The Morgan fingerprint density at radius 3 is 2.70 bits per heavy atom. The van der Waals surface area contributed by atoms with Gasteiger partial charge in [-0.3, -0.25) is 4.79 Å². The predicted molar refractivity (Wildman–Crippen MR) is 86.5 cm³/mol. The minimum absolute atomic E-state index is 0.0739. The minimum Gasteiger partial charge on any atom is -0.478 e. The first kappa shape index (κ1) is 15.0. The number of carbonyl (C=O) groups is 2. The smallest absolute Gasteiger partial charge is 0.335 e. The molecular weight excluding hydrogens is 292 g/mol. The maximum Gasteiger partial charge on any atom is 0.335 e. The van der Waals surface area contributed by atoms with Crippen molar-refractivity contribution in [3.63, 3.8) is 0 Å². The lowest BCUT2D eigenvalue weighted by Gasteiger charge is -2.02. The van der Waals surface area contributed by atoms with Crippen molar-refractivity contribution < 1.29 is 14.7 Å². The monoisotopic (exact) mass is 308 g/mol. The fourth-order valence-corrected chi connectivity index (χ4v) is 2.51. The number of ketones is 1. The van der Waals surface area contributed by atoms with Crippen LogP contribution in [0.25, 0.3) is 11.0 Å². The number of carbonyl (C=O) groups excluding carboxylic acids is 1. The number of imidazole rings is 1. The lowest BCUT2D eigenvalue weighted by Crippen LogP contribution is -2.06. The topological polar surface area (TPSA) is 83.1 Å². The van der Waals surface area contributed by atoms with Crippen molar-refractivity contribution in [2.45, 2.75) is 19.3 Å². The summed E-state index contributed by atoms with van der Waals surface area (Å²) in [7, 11) is 0. The molecule has 2 aromatic carbocycles. The fourth-order valence-electron chi connectivity index (χ4n) is 2.51. The number of Topliss-reactive ketones (excluding diaryl/α,β-unsaturated/α-hetero) is 1. The van der Waals surface area contributed by atoms with Gasteiger partial charge < -0.3 is 10.1 Å². The van der Waals surface area contributed by atoms with Crippen LogP contribution in [0.15, 0.2) is 48.5 Å². The quantitative estimate of drug-likeness (QED) is 0.733. The number of H-pyrrole nitrogens is 1. The Morgan fingerprint density at radius 1 is 1.09 bits per heavy atom. The summed E-state index contributed by atoms with van der Waals surface area (Å²) in [5.41, 5.74) is 2.86. The van der Waals surface area contributed by atoms with Gasteiger partial charge in [-0.05, 0) is 36.2 Å². The molecule has 0 aliphatic heterocycles. The normalized spacial score (nSPS) is 10.8. The number of fused-ring (bicyclic) bond motifs is 1. The number of hydrogen-bond acceptors (Lipinski definition) is 3. The number of carboxylic acid groups (broad SMARTS) is 1. The number of aromatic amines is 1. The average Bonchev–Trinajstić information content (AvgIpc) is 2.95. The molecule has 3 aromatic rings. The summed E-state index contributed by atoms with van der Waals surface area (Å²) in [5, 5.41) is 8.97. The van der Waals surface area contributed by atoms with Gasteiger partial charge in [0.15, 0.2) is 0 Å². The summed E-state index contributed by atoms with van der Waals surface area (Å²) >= 11 is 0. The number of rotatable bonds is 6. The van der Waals surface area contributed by atoms with Crippen LogP contribution in [0.5, 0.6) is 0 Å². The number of nitrogens with one attached hydrogen (secondary N) is 1. The number of benzene rings is 2. The fraction of sp³-hybridized carbons (Fsp3) is 0.167. The zero-order chi connectivity index (χ0) is 16.2. The molecular formula is C18H16N2O3. The van der Waals surface area contributed by atoms with E-state index in [2.05, 4.69) is 9.97 Å². The van der Waals surface area contributed by atoms with Gasteiger partial charge >= 0.3 is 5.97 Å². The molecule has 116 valence electrons. The highest BCUT2D eigenvalue weighted by Gasteiger charge is 2.09. The first-order chi connectivity index (χ1) is 11.1. The number of para-hydroxylation sites is 2. The number of hydrogen-bond donors (Lipinski definition) is 2. The highest BCUT2D eigenvalue weighted by molar-refractivity contribution is 5.88. The lowest BCUT2D eigenvalue weighted by molar-refractivity contribution is -0.118. The highest BCUT2D eigenvalue weighted by atomic mass is 16.4. The van der Waals surface area contributed by atoms with Crippen LogP contribution >= 0.6 is 0 Å². The molecule has 0 aliphatic carbocycles. The molecule has 5 heteroatoms. The van der Waals surface area contributed by atoms with E-state index in [1.807, 2.05) is 30.3 Å². The lowest BCUT2D eigenvalue weighted by atomic mass is 10.0. The van der Waals surface area contributed by atoms with Crippen LogP contribution in [0.4, 0.5) is 0 Å². The molecule has 0 radical (unpaired) electrons. The van der Waals surface area contributed by atoms with Crippen molar-refractivity contribution in [3.05, 3.63) is 65.5 Å². The Balaban J connectivity index is 1.61. The third kappa shape index (κ3) is 3.63. The molecule has 0 spiro atoms. The van der Waals surface area contributed by atoms with E-state index < -0.39 is 5.97 Å². The van der Waals surface area contributed by atoms with E-state index in [0.717, 1.165) is 16.6 Å². The van der Waals surface area contributed by atoms with Crippen molar-refractivity contribution in [2.75, 3.05) is 0 Å². The summed E-state index contributed by atoms with van der Waals surface area (Å²) in [6.07, 6.45) is 1.15. The Morgan fingerprint density at radius 2 is 1.91 bits per heavy atom. The first-order valence-electron chi connectivity index (χ1n) is 7.39. The summed E-state index contributed by atoms with van der Waals surface area (Å²) in [4.78, 5) is 30.6. The number of aromatic carboxylic acids is 1. The number of aromatic nitrogens is 2. The second kappa shape index (κ2) is 6.44. The Hall–Kier alpha value is -2.95. The van der Waals surface area contributed by atoms with Gasteiger partial charge in [0.1, 0.15) is 11.6 Å². The second-order valence-electron chi connectivity index (χ2n) is 5.42. The van der Waals surface area contributed by atoms with Gasteiger partial charge in [0.2, 0.25) is 0 Å². The maximum atomic E-state index is 12.1. The average molecular weight is 308 g/mol. The molecule has 5 nitrogen and oxygen atoms in total. The second-order valence-corrected chi connectivity index (χ2v) is 5.42. The minimum atomic E-state index is -0.958. The van der Waals surface area contributed by atoms with Crippen LogP contribution in [-0.4, -0.2) is 26.8 Å². The molecule has 0 saturated heterocycles. The SMILES string of the molecule is O=C(CCc1cccc(C(=O)O)c1)Cc1nc2ccccc2[nH]1. The van der Waals surface area contributed by atoms with Crippen molar-refractivity contribution in [2.24, 2.45) is 0 Å². The van der Waals surface area contributed by atoms with Gasteiger partial charge in [0, 0.05) is 6.42 Å². The summed E-state index contributed by atoms with van der Waals surface area (Å²) in [6, 6.07) is 14.3. The molecule has 0 fully saturated rings. The van der Waals surface area contributed by atoms with Crippen molar-refractivity contribution in [1.29, 1.82) is 0 Å². The standard InChI is InChI=1S/C18H16N2O3/c21-14(9-8-12-4-3-5-13(10-12)18(22)23)11-17-19-15-6-1-2-7-16(15)20-17/h1-7,10H,8-9,11H2,(H,19,20)(H,22,23). The van der Waals surface area contributed by atoms with Gasteiger partial charge in [0.25, 0.3) is 0 Å². The number of carboxylic acids is 1. The van der Waals surface area contributed by atoms with Gasteiger partial charge in [-0.2, -0.15) is 0 Å². The molecule has 0 saturated carbocycles. The van der Waals surface area contributed by atoms with Crippen LogP contribution in [0.1, 0.15) is 28.2 Å². The number of nitrogens with zero attached hydrogens (tertiary/aromatic N) is 1. The van der Waals surface area contributed by atoms with Crippen LogP contribution in [-0.2, 0) is 17.6 Å². The molecule has 2 N–H and O–H groups in total. The molecule has 23 heavy (non-hydrogen) atoms. The van der Waals surface area contributed by atoms with E-state index >= 15 is 0 Å². The summed E-state index contributed by atoms with van der Waals surface area (Å²) in [5.74, 6) is -0.222. The van der Waals surface area contributed by atoms with Crippen molar-refractivity contribution >= 4 is 22.8 Å². The van der Waals surface area contributed by atoms with E-state index in [4.69, 9.17) is 5.11 Å². The van der Waals surface area contributed by atoms with Crippen molar-refractivity contribution in [3.8, 4) is 0 Å². The van der Waals surface area contributed by atoms with Gasteiger partial charge in [-0.1, -0.05) is 24.3 Å². The Labute approximate surface area is 133 Å².